The fourth-order valence-electron chi connectivity index (χ4n) is 1.67. The molecule has 0 saturated heterocycles. The van der Waals surface area contributed by atoms with Gasteiger partial charge in [0.2, 0.25) is 12.7 Å². The van der Waals surface area contributed by atoms with Crippen molar-refractivity contribution >= 4 is 23.7 Å². The van der Waals surface area contributed by atoms with Crippen LogP contribution in [0.3, 0.4) is 0 Å². The van der Waals surface area contributed by atoms with Gasteiger partial charge in [-0.05, 0) is 30.5 Å². The second-order valence-electron chi connectivity index (χ2n) is 4.25. The van der Waals surface area contributed by atoms with Gasteiger partial charge in [-0.1, -0.05) is 11.6 Å². The van der Waals surface area contributed by atoms with E-state index >= 15 is 0 Å². The molecule has 0 atom stereocenters. The SMILES string of the molecule is O=C(N/N=C\c1cc(Cl)c2c(c1)OCO2)C1CC1. The van der Waals surface area contributed by atoms with E-state index in [1.807, 2.05) is 0 Å². The van der Waals surface area contributed by atoms with Crippen LogP contribution >= 0.6 is 11.6 Å². The van der Waals surface area contributed by atoms with E-state index in [0.717, 1.165) is 18.4 Å². The van der Waals surface area contributed by atoms with Gasteiger partial charge in [-0.15, -0.1) is 0 Å². The van der Waals surface area contributed by atoms with E-state index in [9.17, 15) is 4.79 Å². The number of nitrogens with one attached hydrogen (secondary N) is 1. The van der Waals surface area contributed by atoms with Crippen molar-refractivity contribution in [1.29, 1.82) is 0 Å². The number of amides is 1. The number of hydrogen-bond donors (Lipinski definition) is 1. The average Bonchev–Trinajstić information content (AvgIpc) is 3.08. The molecule has 1 aromatic carbocycles. The molecule has 0 spiro atoms. The lowest BCUT2D eigenvalue weighted by Gasteiger charge is -2.01. The fourth-order valence-corrected chi connectivity index (χ4v) is 1.94. The maximum absolute atomic E-state index is 11.4. The van der Waals surface area contributed by atoms with Crippen molar-refractivity contribution in [2.75, 3.05) is 6.79 Å². The van der Waals surface area contributed by atoms with Gasteiger partial charge in [0.05, 0.1) is 11.2 Å². The molecule has 18 heavy (non-hydrogen) atoms. The molecular formula is C12H11ClN2O3. The quantitative estimate of drug-likeness (QED) is 0.672. The zero-order valence-corrected chi connectivity index (χ0v) is 10.2. The summed E-state index contributed by atoms with van der Waals surface area (Å²) in [5.41, 5.74) is 3.25. The zero-order valence-electron chi connectivity index (χ0n) is 9.48. The molecular weight excluding hydrogens is 256 g/mol. The Morgan fingerprint density at radius 2 is 2.28 bits per heavy atom. The van der Waals surface area contributed by atoms with Crippen LogP contribution in [0.1, 0.15) is 18.4 Å². The van der Waals surface area contributed by atoms with Gasteiger partial charge in [-0.3, -0.25) is 4.79 Å². The minimum Gasteiger partial charge on any atom is -0.454 e. The molecule has 1 aliphatic carbocycles. The van der Waals surface area contributed by atoms with Gasteiger partial charge in [0.1, 0.15) is 0 Å². The third-order valence-electron chi connectivity index (χ3n) is 2.79. The average molecular weight is 267 g/mol. The predicted molar refractivity (Wildman–Crippen MR) is 66.0 cm³/mol. The summed E-state index contributed by atoms with van der Waals surface area (Å²) in [6.07, 6.45) is 3.45. The zero-order chi connectivity index (χ0) is 12.5. The fraction of sp³-hybridized carbons (Fsp3) is 0.333. The molecule has 1 aromatic rings. The number of hydrogen-bond acceptors (Lipinski definition) is 4. The largest absolute Gasteiger partial charge is 0.454 e. The van der Waals surface area contributed by atoms with Crippen LogP contribution < -0.4 is 14.9 Å². The Morgan fingerprint density at radius 3 is 3.06 bits per heavy atom. The molecule has 1 saturated carbocycles. The topological polar surface area (TPSA) is 59.9 Å². The van der Waals surface area contributed by atoms with E-state index in [4.69, 9.17) is 21.1 Å². The van der Waals surface area contributed by atoms with Gasteiger partial charge in [0.15, 0.2) is 11.5 Å². The van der Waals surface area contributed by atoms with Gasteiger partial charge in [-0.25, -0.2) is 5.43 Å². The Kier molecular flexibility index (Phi) is 2.83. The number of rotatable bonds is 3. The lowest BCUT2D eigenvalue weighted by molar-refractivity contribution is -0.122. The lowest BCUT2D eigenvalue weighted by Crippen LogP contribution is -2.18. The van der Waals surface area contributed by atoms with Crippen molar-refractivity contribution < 1.29 is 14.3 Å². The van der Waals surface area contributed by atoms with E-state index < -0.39 is 0 Å². The number of carbonyl (C=O) groups is 1. The van der Waals surface area contributed by atoms with E-state index in [2.05, 4.69) is 10.5 Å². The van der Waals surface area contributed by atoms with E-state index in [-0.39, 0.29) is 18.6 Å². The summed E-state index contributed by atoms with van der Waals surface area (Å²) in [4.78, 5) is 11.4. The highest BCUT2D eigenvalue weighted by molar-refractivity contribution is 6.32. The molecule has 0 radical (unpaired) electrons. The van der Waals surface area contributed by atoms with Gasteiger partial charge < -0.3 is 9.47 Å². The molecule has 0 unspecified atom stereocenters. The van der Waals surface area contributed by atoms with Gasteiger partial charge in [-0.2, -0.15) is 5.10 Å². The van der Waals surface area contributed by atoms with Crippen LogP contribution in [0.25, 0.3) is 0 Å². The van der Waals surface area contributed by atoms with Crippen molar-refractivity contribution in [3.05, 3.63) is 22.7 Å². The summed E-state index contributed by atoms with van der Waals surface area (Å²) < 4.78 is 10.4. The van der Waals surface area contributed by atoms with E-state index in [0.29, 0.717) is 16.5 Å². The summed E-state index contributed by atoms with van der Waals surface area (Å²) in [5.74, 6) is 1.26. The van der Waals surface area contributed by atoms with Crippen molar-refractivity contribution in [1.82, 2.24) is 5.43 Å². The minimum absolute atomic E-state index is 0.0295. The van der Waals surface area contributed by atoms with Crippen LogP contribution in [0.4, 0.5) is 0 Å². The molecule has 5 nitrogen and oxygen atoms in total. The number of benzene rings is 1. The molecule has 0 bridgehead atoms. The molecule has 1 amide bonds. The maximum Gasteiger partial charge on any atom is 0.243 e. The summed E-state index contributed by atoms with van der Waals surface area (Å²) >= 11 is 6.02. The summed E-state index contributed by atoms with van der Waals surface area (Å²) in [6.45, 7) is 0.175. The first-order valence-corrected chi connectivity index (χ1v) is 6.04. The van der Waals surface area contributed by atoms with Crippen LogP contribution in [0.2, 0.25) is 5.02 Å². The highest BCUT2D eigenvalue weighted by Gasteiger charge is 2.29. The van der Waals surface area contributed by atoms with Crippen LogP contribution in [0, 0.1) is 5.92 Å². The molecule has 0 aromatic heterocycles. The predicted octanol–water partition coefficient (Wildman–Crippen LogP) is 1.93. The van der Waals surface area contributed by atoms with Crippen LogP contribution in [0.5, 0.6) is 11.5 Å². The van der Waals surface area contributed by atoms with Crippen LogP contribution in [-0.4, -0.2) is 18.9 Å². The number of carbonyl (C=O) groups excluding carboxylic acids is 1. The summed E-state index contributed by atoms with van der Waals surface area (Å²) in [7, 11) is 0. The number of hydrazone groups is 1. The lowest BCUT2D eigenvalue weighted by atomic mass is 10.2. The molecule has 6 heteroatoms. The smallest absolute Gasteiger partial charge is 0.243 e. The molecule has 1 heterocycles. The van der Waals surface area contributed by atoms with Gasteiger partial charge in [0, 0.05) is 5.92 Å². The number of halogens is 1. The summed E-state index contributed by atoms with van der Waals surface area (Å²) in [6, 6.07) is 3.48. The second kappa shape index (κ2) is 4.49. The van der Waals surface area contributed by atoms with Crippen molar-refractivity contribution in [3.8, 4) is 11.5 Å². The minimum atomic E-state index is -0.0295. The third-order valence-corrected chi connectivity index (χ3v) is 3.07. The molecule has 1 aliphatic heterocycles. The third kappa shape index (κ3) is 2.26. The first kappa shape index (κ1) is 11.3. The van der Waals surface area contributed by atoms with Gasteiger partial charge >= 0.3 is 0 Å². The Bertz CT molecular complexity index is 526. The van der Waals surface area contributed by atoms with E-state index in [1.54, 1.807) is 12.1 Å². The van der Waals surface area contributed by atoms with Crippen molar-refractivity contribution in [2.24, 2.45) is 11.0 Å². The highest BCUT2D eigenvalue weighted by Crippen LogP contribution is 2.39. The first-order valence-electron chi connectivity index (χ1n) is 5.66. The highest BCUT2D eigenvalue weighted by atomic mass is 35.5. The molecule has 2 aliphatic rings. The van der Waals surface area contributed by atoms with Crippen molar-refractivity contribution in [2.45, 2.75) is 12.8 Å². The van der Waals surface area contributed by atoms with Crippen molar-refractivity contribution in [3.63, 3.8) is 0 Å². The monoisotopic (exact) mass is 266 g/mol. The standard InChI is InChI=1S/C12H11ClN2O3/c13-9-3-7(4-10-11(9)18-6-17-10)5-14-15-12(16)8-1-2-8/h3-5,8H,1-2,6H2,(H,15,16)/b14-5-. The molecule has 3 rings (SSSR count). The molecule has 1 fully saturated rings. The Morgan fingerprint density at radius 1 is 1.44 bits per heavy atom. The van der Waals surface area contributed by atoms with Crippen LogP contribution in [0.15, 0.2) is 17.2 Å². The second-order valence-corrected chi connectivity index (χ2v) is 4.65. The molecule has 1 N–H and O–H groups in total. The Hall–Kier alpha value is -1.75. The normalized spacial score (nSPS) is 17.2. The first-order chi connectivity index (χ1) is 8.74. The number of fused-ring (bicyclic) bond motifs is 1. The maximum atomic E-state index is 11.4. The Balaban J connectivity index is 1.70. The van der Waals surface area contributed by atoms with Gasteiger partial charge in [0.25, 0.3) is 0 Å². The number of ether oxygens (including phenoxy) is 2. The summed E-state index contributed by atoms with van der Waals surface area (Å²) in [5, 5.41) is 4.36. The van der Waals surface area contributed by atoms with Crippen LogP contribution in [-0.2, 0) is 4.79 Å². The Labute approximate surface area is 109 Å². The molecule has 94 valence electrons. The van der Waals surface area contributed by atoms with E-state index in [1.165, 1.54) is 6.21 Å². The number of nitrogens with zero attached hydrogens (tertiary/aromatic N) is 1.